The Labute approximate surface area is 103 Å². The lowest BCUT2D eigenvalue weighted by molar-refractivity contribution is -0.137. The molecule has 0 aromatic heterocycles. The number of aliphatic carboxylic acids is 1. The first-order valence-electron chi connectivity index (χ1n) is 5.39. The SMILES string of the molecule is COCc1cc(F)c(F)c(C(N)CCC(=O)O)c1. The molecule has 0 bridgehead atoms. The molecule has 1 aromatic rings. The molecular formula is C12H15F2NO3. The second kappa shape index (κ2) is 6.42. The maximum absolute atomic E-state index is 13.6. The third-order valence-corrected chi connectivity index (χ3v) is 2.50. The first-order chi connectivity index (χ1) is 8.45. The van der Waals surface area contributed by atoms with Crippen molar-refractivity contribution in [3.05, 3.63) is 34.9 Å². The topological polar surface area (TPSA) is 72.5 Å². The minimum atomic E-state index is -1.03. The van der Waals surface area contributed by atoms with Crippen LogP contribution in [0, 0.1) is 11.6 Å². The molecular weight excluding hydrogens is 244 g/mol. The van der Waals surface area contributed by atoms with Crippen LogP contribution in [0.1, 0.15) is 30.0 Å². The monoisotopic (exact) mass is 259 g/mol. The molecule has 18 heavy (non-hydrogen) atoms. The molecule has 3 N–H and O–H groups in total. The zero-order valence-electron chi connectivity index (χ0n) is 9.95. The quantitative estimate of drug-likeness (QED) is 0.819. The molecule has 0 saturated carbocycles. The van der Waals surface area contributed by atoms with Gasteiger partial charge >= 0.3 is 5.97 Å². The van der Waals surface area contributed by atoms with E-state index in [9.17, 15) is 13.6 Å². The Morgan fingerprint density at radius 2 is 2.17 bits per heavy atom. The number of methoxy groups -OCH3 is 1. The Kier molecular flexibility index (Phi) is 5.18. The minimum absolute atomic E-state index is 0.0247. The van der Waals surface area contributed by atoms with E-state index in [1.807, 2.05) is 0 Å². The van der Waals surface area contributed by atoms with Crippen molar-refractivity contribution in [2.45, 2.75) is 25.5 Å². The van der Waals surface area contributed by atoms with Crippen LogP contribution in [0.2, 0.25) is 0 Å². The molecule has 1 aromatic carbocycles. The predicted octanol–water partition coefficient (Wildman–Crippen LogP) is 1.98. The zero-order valence-corrected chi connectivity index (χ0v) is 9.95. The van der Waals surface area contributed by atoms with E-state index in [0.29, 0.717) is 5.56 Å². The van der Waals surface area contributed by atoms with Crippen LogP contribution in [-0.4, -0.2) is 18.2 Å². The number of ether oxygens (including phenoxy) is 1. The van der Waals surface area contributed by atoms with Crippen LogP contribution in [0.3, 0.4) is 0 Å². The Hall–Kier alpha value is -1.53. The highest BCUT2D eigenvalue weighted by Gasteiger charge is 2.17. The summed E-state index contributed by atoms with van der Waals surface area (Å²) in [5.41, 5.74) is 6.10. The zero-order chi connectivity index (χ0) is 13.7. The predicted molar refractivity (Wildman–Crippen MR) is 60.9 cm³/mol. The van der Waals surface area contributed by atoms with Crippen molar-refractivity contribution in [2.75, 3.05) is 7.11 Å². The van der Waals surface area contributed by atoms with Crippen LogP contribution < -0.4 is 5.73 Å². The van der Waals surface area contributed by atoms with Gasteiger partial charge in [0.25, 0.3) is 0 Å². The summed E-state index contributed by atoms with van der Waals surface area (Å²) >= 11 is 0. The molecule has 1 unspecified atom stereocenters. The van der Waals surface area contributed by atoms with E-state index < -0.39 is 23.6 Å². The normalized spacial score (nSPS) is 12.4. The van der Waals surface area contributed by atoms with Crippen molar-refractivity contribution in [3.63, 3.8) is 0 Å². The fourth-order valence-electron chi connectivity index (χ4n) is 1.62. The highest BCUT2D eigenvalue weighted by atomic mass is 19.2. The molecule has 4 nitrogen and oxygen atoms in total. The number of nitrogens with two attached hydrogens (primary N) is 1. The number of hydrogen-bond acceptors (Lipinski definition) is 3. The van der Waals surface area contributed by atoms with Gasteiger partial charge in [-0.3, -0.25) is 4.79 Å². The Balaban J connectivity index is 2.94. The van der Waals surface area contributed by atoms with Crippen LogP contribution in [0.5, 0.6) is 0 Å². The summed E-state index contributed by atoms with van der Waals surface area (Å²) in [5.74, 6) is -3.07. The van der Waals surface area contributed by atoms with E-state index in [0.717, 1.165) is 6.07 Å². The van der Waals surface area contributed by atoms with Crippen LogP contribution in [0.25, 0.3) is 0 Å². The summed E-state index contributed by atoms with van der Waals surface area (Å²) in [5, 5.41) is 8.53. The molecule has 6 heteroatoms. The van der Waals surface area contributed by atoms with Crippen molar-refractivity contribution in [1.82, 2.24) is 0 Å². The molecule has 0 fully saturated rings. The summed E-state index contributed by atoms with van der Waals surface area (Å²) in [7, 11) is 1.44. The van der Waals surface area contributed by atoms with Crippen molar-refractivity contribution < 1.29 is 23.4 Å². The average Bonchev–Trinajstić information content (AvgIpc) is 2.30. The highest BCUT2D eigenvalue weighted by Crippen LogP contribution is 2.23. The van der Waals surface area contributed by atoms with Gasteiger partial charge in [0, 0.05) is 25.1 Å². The lowest BCUT2D eigenvalue weighted by Crippen LogP contribution is -2.15. The van der Waals surface area contributed by atoms with Crippen molar-refractivity contribution in [2.24, 2.45) is 5.73 Å². The molecule has 1 rings (SSSR count). The van der Waals surface area contributed by atoms with Gasteiger partial charge < -0.3 is 15.6 Å². The Bertz CT molecular complexity index is 438. The standard InChI is InChI=1S/C12H15F2NO3/c1-18-6-7-4-8(12(14)9(13)5-7)10(15)2-3-11(16)17/h4-5,10H,2-3,6,15H2,1H3,(H,16,17). The van der Waals surface area contributed by atoms with Gasteiger partial charge in [-0.1, -0.05) is 0 Å². The van der Waals surface area contributed by atoms with Crippen LogP contribution in [0.15, 0.2) is 12.1 Å². The molecule has 0 spiro atoms. The first-order valence-corrected chi connectivity index (χ1v) is 5.39. The second-order valence-electron chi connectivity index (χ2n) is 3.95. The lowest BCUT2D eigenvalue weighted by Gasteiger charge is -2.14. The number of rotatable bonds is 6. The molecule has 100 valence electrons. The van der Waals surface area contributed by atoms with Crippen LogP contribution >= 0.6 is 0 Å². The fraction of sp³-hybridized carbons (Fsp3) is 0.417. The second-order valence-corrected chi connectivity index (χ2v) is 3.95. The maximum Gasteiger partial charge on any atom is 0.303 e. The molecule has 0 aliphatic heterocycles. The third kappa shape index (κ3) is 3.75. The van der Waals surface area contributed by atoms with E-state index >= 15 is 0 Å². The van der Waals surface area contributed by atoms with Crippen LogP contribution in [-0.2, 0) is 16.1 Å². The van der Waals surface area contributed by atoms with E-state index in [1.54, 1.807) is 0 Å². The van der Waals surface area contributed by atoms with Gasteiger partial charge in [0.15, 0.2) is 11.6 Å². The molecule has 0 aliphatic carbocycles. The molecule has 0 aliphatic rings. The van der Waals surface area contributed by atoms with Crippen molar-refractivity contribution in [3.8, 4) is 0 Å². The summed E-state index contributed by atoms with van der Waals surface area (Å²) in [6.45, 7) is 0.135. The highest BCUT2D eigenvalue weighted by molar-refractivity contribution is 5.66. The summed E-state index contributed by atoms with van der Waals surface area (Å²) < 4.78 is 31.7. The summed E-state index contributed by atoms with van der Waals surface area (Å²) in [4.78, 5) is 10.4. The van der Waals surface area contributed by atoms with E-state index in [-0.39, 0.29) is 25.0 Å². The number of carbonyl (C=O) groups is 1. The van der Waals surface area contributed by atoms with E-state index in [1.165, 1.54) is 13.2 Å². The van der Waals surface area contributed by atoms with Crippen molar-refractivity contribution >= 4 is 5.97 Å². The summed E-state index contributed by atoms with van der Waals surface area (Å²) in [6.07, 6.45) is -0.154. The number of benzene rings is 1. The Morgan fingerprint density at radius 1 is 1.50 bits per heavy atom. The number of carboxylic acids is 1. The maximum atomic E-state index is 13.6. The molecule has 0 heterocycles. The van der Waals surface area contributed by atoms with Gasteiger partial charge in [-0.2, -0.15) is 0 Å². The molecule has 1 atom stereocenters. The Morgan fingerprint density at radius 3 is 2.72 bits per heavy atom. The van der Waals surface area contributed by atoms with E-state index in [2.05, 4.69) is 0 Å². The number of carboxylic acid groups (broad SMARTS) is 1. The van der Waals surface area contributed by atoms with Gasteiger partial charge in [0.2, 0.25) is 0 Å². The lowest BCUT2D eigenvalue weighted by atomic mass is 10.00. The van der Waals surface area contributed by atoms with Gasteiger partial charge in [-0.25, -0.2) is 8.78 Å². The molecule has 0 amide bonds. The summed E-state index contributed by atoms with van der Waals surface area (Å²) in [6, 6.07) is 1.58. The smallest absolute Gasteiger partial charge is 0.303 e. The first kappa shape index (κ1) is 14.5. The van der Waals surface area contributed by atoms with Gasteiger partial charge in [0.05, 0.1) is 6.61 Å². The number of halogens is 2. The molecule has 0 radical (unpaired) electrons. The largest absolute Gasteiger partial charge is 0.481 e. The van der Waals surface area contributed by atoms with E-state index in [4.69, 9.17) is 15.6 Å². The number of hydrogen-bond donors (Lipinski definition) is 2. The average molecular weight is 259 g/mol. The van der Waals surface area contributed by atoms with Crippen LogP contribution in [0.4, 0.5) is 8.78 Å². The molecule has 0 saturated heterocycles. The van der Waals surface area contributed by atoms with Crippen molar-refractivity contribution in [1.29, 1.82) is 0 Å². The van der Waals surface area contributed by atoms with Gasteiger partial charge in [-0.05, 0) is 24.1 Å². The van der Waals surface area contributed by atoms with Gasteiger partial charge in [0.1, 0.15) is 0 Å². The fourth-order valence-corrected chi connectivity index (χ4v) is 1.62. The third-order valence-electron chi connectivity index (χ3n) is 2.50. The minimum Gasteiger partial charge on any atom is -0.481 e. The van der Waals surface area contributed by atoms with Gasteiger partial charge in [-0.15, -0.1) is 0 Å².